The number of rotatable bonds is 3. The van der Waals surface area contributed by atoms with Gasteiger partial charge in [0.1, 0.15) is 5.82 Å². The quantitative estimate of drug-likeness (QED) is 0.422. The molecule has 2 heterocycles. The number of benzene rings is 2. The Labute approximate surface area is 153 Å². The van der Waals surface area contributed by atoms with Gasteiger partial charge in [-0.2, -0.15) is 0 Å². The van der Waals surface area contributed by atoms with Crippen LogP contribution in [0.15, 0.2) is 53.2 Å². The van der Waals surface area contributed by atoms with Crippen LogP contribution >= 0.6 is 22.7 Å². The number of hydrogen-bond donors (Lipinski definition) is 0. The minimum atomic E-state index is -0.239. The Hall–Kier alpha value is -2.37. The van der Waals surface area contributed by atoms with Crippen LogP contribution in [-0.4, -0.2) is 9.97 Å². The van der Waals surface area contributed by atoms with E-state index in [1.54, 1.807) is 34.8 Å². The second-order valence-corrected chi connectivity index (χ2v) is 7.62. The first-order valence-corrected chi connectivity index (χ1v) is 9.61. The van der Waals surface area contributed by atoms with Crippen LogP contribution in [0.4, 0.5) is 4.39 Å². The van der Waals surface area contributed by atoms with Crippen LogP contribution in [0.25, 0.3) is 32.5 Å². The van der Waals surface area contributed by atoms with Crippen LogP contribution in [-0.2, 0) is 0 Å². The third kappa shape index (κ3) is 3.25. The fraction of sp³-hybridized carbons (Fsp3) is 0.100. The molecule has 0 radical (unpaired) electrons. The summed E-state index contributed by atoms with van der Waals surface area (Å²) in [5, 5.41) is 5.86. The summed E-state index contributed by atoms with van der Waals surface area (Å²) in [4.78, 5) is 9.44. The first kappa shape index (κ1) is 16.1. The summed E-state index contributed by atoms with van der Waals surface area (Å²) in [6, 6.07) is 12.8. The maximum Gasteiger partial charge on any atom is 0.152 e. The molecule has 0 N–H and O–H groups in total. The fourth-order valence-corrected chi connectivity index (χ4v) is 4.42. The second kappa shape index (κ2) is 6.50. The van der Waals surface area contributed by atoms with Crippen molar-refractivity contribution in [2.75, 3.05) is 0 Å². The van der Waals surface area contributed by atoms with Gasteiger partial charge in [-0.1, -0.05) is 23.8 Å². The van der Waals surface area contributed by atoms with Crippen molar-refractivity contribution in [1.82, 2.24) is 9.97 Å². The lowest BCUT2D eigenvalue weighted by Gasteiger charge is -2.03. The van der Waals surface area contributed by atoms with Gasteiger partial charge in [-0.3, -0.25) is 0 Å². The van der Waals surface area contributed by atoms with Crippen LogP contribution in [0.3, 0.4) is 0 Å². The van der Waals surface area contributed by atoms with E-state index in [0.717, 1.165) is 32.5 Å². The first-order chi connectivity index (χ1) is 12.1. The van der Waals surface area contributed by atoms with Gasteiger partial charge in [0.15, 0.2) is 10.0 Å². The Morgan fingerprint density at radius 1 is 0.800 bits per heavy atom. The molecule has 0 bridgehead atoms. The molecule has 25 heavy (non-hydrogen) atoms. The highest BCUT2D eigenvalue weighted by Gasteiger charge is 2.12. The van der Waals surface area contributed by atoms with Gasteiger partial charge >= 0.3 is 0 Å². The lowest BCUT2D eigenvalue weighted by molar-refractivity contribution is 0.628. The molecular formula is C20H15FN2S2. The molecule has 0 aliphatic rings. The third-order valence-electron chi connectivity index (χ3n) is 3.99. The Morgan fingerprint density at radius 2 is 1.44 bits per heavy atom. The van der Waals surface area contributed by atoms with Gasteiger partial charge in [0.25, 0.3) is 0 Å². The Morgan fingerprint density at radius 3 is 2.12 bits per heavy atom. The topological polar surface area (TPSA) is 25.8 Å². The Balaban J connectivity index is 1.65. The maximum atomic E-state index is 13.1. The summed E-state index contributed by atoms with van der Waals surface area (Å²) >= 11 is 3.16. The van der Waals surface area contributed by atoms with E-state index in [4.69, 9.17) is 4.98 Å². The smallest absolute Gasteiger partial charge is 0.152 e. The zero-order valence-corrected chi connectivity index (χ0v) is 15.4. The zero-order chi connectivity index (χ0) is 17.4. The molecule has 0 saturated heterocycles. The van der Waals surface area contributed by atoms with E-state index >= 15 is 0 Å². The number of hydrogen-bond acceptors (Lipinski definition) is 4. The summed E-state index contributed by atoms with van der Waals surface area (Å²) in [6.07, 6.45) is 0. The molecule has 0 aliphatic heterocycles. The summed E-state index contributed by atoms with van der Waals surface area (Å²) in [6.45, 7) is 4.20. The molecule has 4 aromatic rings. The molecule has 124 valence electrons. The van der Waals surface area contributed by atoms with Crippen molar-refractivity contribution >= 4 is 22.7 Å². The number of halogens is 1. The summed E-state index contributed by atoms with van der Waals surface area (Å²) in [7, 11) is 0. The number of aromatic nitrogens is 2. The average molecular weight is 366 g/mol. The monoisotopic (exact) mass is 366 g/mol. The third-order valence-corrected chi connectivity index (χ3v) is 5.82. The van der Waals surface area contributed by atoms with Crippen LogP contribution in [0.5, 0.6) is 0 Å². The molecule has 0 spiro atoms. The standard InChI is InChI=1S/C20H15FN2S2/c1-12-3-8-16(13(2)9-12)18-11-25-20(23-18)19-22-17(10-24-19)14-4-6-15(21)7-5-14/h3-11H,1-2H3. The van der Waals surface area contributed by atoms with Crippen molar-refractivity contribution in [3.8, 4) is 32.5 Å². The largest absolute Gasteiger partial charge is 0.233 e. The Bertz CT molecular complexity index is 1030. The predicted molar refractivity (Wildman–Crippen MR) is 104 cm³/mol. The van der Waals surface area contributed by atoms with E-state index in [1.807, 2.05) is 5.38 Å². The SMILES string of the molecule is Cc1ccc(-c2csc(-c3nc(-c4ccc(F)cc4)cs3)n2)c(C)c1. The van der Waals surface area contributed by atoms with E-state index in [-0.39, 0.29) is 5.82 Å². The number of aryl methyl sites for hydroxylation is 2. The highest BCUT2D eigenvalue weighted by Crippen LogP contribution is 2.34. The van der Waals surface area contributed by atoms with E-state index < -0.39 is 0 Å². The molecule has 0 atom stereocenters. The molecular weight excluding hydrogens is 351 g/mol. The van der Waals surface area contributed by atoms with Gasteiger partial charge in [-0.05, 0) is 43.7 Å². The summed E-state index contributed by atoms with van der Waals surface area (Å²) < 4.78 is 13.1. The van der Waals surface area contributed by atoms with E-state index in [1.165, 1.54) is 23.3 Å². The van der Waals surface area contributed by atoms with Crippen molar-refractivity contribution in [3.63, 3.8) is 0 Å². The lowest BCUT2D eigenvalue weighted by atomic mass is 10.0. The van der Waals surface area contributed by atoms with Gasteiger partial charge < -0.3 is 0 Å². The second-order valence-electron chi connectivity index (χ2n) is 5.90. The molecule has 4 rings (SSSR count). The average Bonchev–Trinajstić information content (AvgIpc) is 3.24. The molecule has 2 aromatic heterocycles. The van der Waals surface area contributed by atoms with Gasteiger partial charge in [0, 0.05) is 21.9 Å². The maximum absolute atomic E-state index is 13.1. The molecule has 5 heteroatoms. The molecule has 0 saturated carbocycles. The highest BCUT2D eigenvalue weighted by atomic mass is 32.1. The van der Waals surface area contributed by atoms with Crippen LogP contribution < -0.4 is 0 Å². The van der Waals surface area contributed by atoms with Crippen LogP contribution in [0.2, 0.25) is 0 Å². The van der Waals surface area contributed by atoms with Crippen molar-refractivity contribution < 1.29 is 4.39 Å². The summed E-state index contributed by atoms with van der Waals surface area (Å²) in [5.74, 6) is -0.239. The normalized spacial score (nSPS) is 11.0. The minimum Gasteiger partial charge on any atom is -0.233 e. The van der Waals surface area contributed by atoms with Crippen molar-refractivity contribution in [2.45, 2.75) is 13.8 Å². The highest BCUT2D eigenvalue weighted by molar-refractivity contribution is 7.20. The Kier molecular flexibility index (Phi) is 4.19. The molecule has 0 aliphatic carbocycles. The van der Waals surface area contributed by atoms with E-state index in [9.17, 15) is 4.39 Å². The van der Waals surface area contributed by atoms with Gasteiger partial charge in [0.2, 0.25) is 0 Å². The molecule has 0 amide bonds. The molecule has 0 unspecified atom stereocenters. The fourth-order valence-electron chi connectivity index (χ4n) is 2.72. The van der Waals surface area contributed by atoms with E-state index in [2.05, 4.69) is 42.4 Å². The van der Waals surface area contributed by atoms with Crippen molar-refractivity contribution in [2.24, 2.45) is 0 Å². The number of thiazole rings is 2. The van der Waals surface area contributed by atoms with Gasteiger partial charge in [-0.15, -0.1) is 22.7 Å². The van der Waals surface area contributed by atoms with Gasteiger partial charge in [-0.25, -0.2) is 14.4 Å². The van der Waals surface area contributed by atoms with E-state index in [0.29, 0.717) is 0 Å². The van der Waals surface area contributed by atoms with Gasteiger partial charge in [0.05, 0.1) is 11.4 Å². The summed E-state index contributed by atoms with van der Waals surface area (Å²) in [5.41, 5.74) is 6.38. The predicted octanol–water partition coefficient (Wildman–Crippen LogP) is 6.36. The molecule has 2 aromatic carbocycles. The molecule has 2 nitrogen and oxygen atoms in total. The molecule has 0 fully saturated rings. The zero-order valence-electron chi connectivity index (χ0n) is 13.8. The minimum absolute atomic E-state index is 0.239. The lowest BCUT2D eigenvalue weighted by Crippen LogP contribution is -1.85. The number of nitrogens with zero attached hydrogens (tertiary/aromatic N) is 2. The van der Waals surface area contributed by atoms with Crippen molar-refractivity contribution in [3.05, 3.63) is 70.2 Å². The first-order valence-electron chi connectivity index (χ1n) is 7.85. The van der Waals surface area contributed by atoms with Crippen molar-refractivity contribution in [1.29, 1.82) is 0 Å². The van der Waals surface area contributed by atoms with Crippen LogP contribution in [0.1, 0.15) is 11.1 Å². The van der Waals surface area contributed by atoms with Crippen LogP contribution in [0, 0.1) is 19.7 Å².